The van der Waals surface area contributed by atoms with Crippen LogP contribution in [0.15, 0.2) is 18.2 Å². The van der Waals surface area contributed by atoms with Crippen LogP contribution >= 0.6 is 11.6 Å². The topological polar surface area (TPSA) is 24.5 Å². The lowest BCUT2D eigenvalue weighted by atomic mass is 10.0. The van der Waals surface area contributed by atoms with E-state index in [-0.39, 0.29) is 5.54 Å². The Morgan fingerprint density at radius 1 is 1.33 bits per heavy atom. The lowest BCUT2D eigenvalue weighted by Gasteiger charge is -2.32. The monoisotopic (exact) mass is 270 g/mol. The van der Waals surface area contributed by atoms with Crippen molar-refractivity contribution in [2.75, 3.05) is 27.7 Å². The standard InChI is InChI=1S/C14H23ClN2O/c1-14(2,17(3)4)10-16-9-11-12(15)7-6-8-13(11)18-5/h6-8,16H,9-10H2,1-5H3. The van der Waals surface area contributed by atoms with Gasteiger partial charge in [0.1, 0.15) is 5.75 Å². The average Bonchev–Trinajstić information content (AvgIpc) is 2.30. The summed E-state index contributed by atoms with van der Waals surface area (Å²) in [5, 5.41) is 4.17. The fourth-order valence-electron chi connectivity index (χ4n) is 1.55. The lowest BCUT2D eigenvalue weighted by Crippen LogP contribution is -2.46. The smallest absolute Gasteiger partial charge is 0.124 e. The van der Waals surface area contributed by atoms with Gasteiger partial charge in [-0.3, -0.25) is 0 Å². The van der Waals surface area contributed by atoms with Crippen LogP contribution in [0.3, 0.4) is 0 Å². The zero-order valence-electron chi connectivity index (χ0n) is 11.9. The van der Waals surface area contributed by atoms with Gasteiger partial charge in [-0.2, -0.15) is 0 Å². The minimum atomic E-state index is 0.106. The van der Waals surface area contributed by atoms with Crippen molar-refractivity contribution in [3.8, 4) is 5.75 Å². The lowest BCUT2D eigenvalue weighted by molar-refractivity contribution is 0.189. The highest BCUT2D eigenvalue weighted by Gasteiger charge is 2.20. The van der Waals surface area contributed by atoms with Gasteiger partial charge in [0.2, 0.25) is 0 Å². The van der Waals surface area contributed by atoms with E-state index in [0.717, 1.165) is 22.9 Å². The maximum absolute atomic E-state index is 6.19. The Morgan fingerprint density at radius 2 is 2.00 bits per heavy atom. The Bertz CT molecular complexity index is 391. The van der Waals surface area contributed by atoms with Crippen molar-refractivity contribution >= 4 is 11.6 Å². The van der Waals surface area contributed by atoms with Crippen LogP contribution in [0.1, 0.15) is 19.4 Å². The van der Waals surface area contributed by atoms with Crippen LogP contribution in [-0.2, 0) is 6.54 Å². The zero-order valence-corrected chi connectivity index (χ0v) is 12.6. The van der Waals surface area contributed by atoms with Gasteiger partial charge in [0, 0.05) is 29.2 Å². The molecule has 0 saturated carbocycles. The summed E-state index contributed by atoms with van der Waals surface area (Å²) >= 11 is 6.19. The summed E-state index contributed by atoms with van der Waals surface area (Å²) in [4.78, 5) is 2.20. The Hall–Kier alpha value is -0.770. The number of nitrogens with one attached hydrogen (secondary N) is 1. The van der Waals surface area contributed by atoms with E-state index in [1.54, 1.807) is 7.11 Å². The molecule has 0 atom stereocenters. The number of likely N-dealkylation sites (N-methyl/N-ethyl adjacent to an activating group) is 1. The summed E-state index contributed by atoms with van der Waals surface area (Å²) in [7, 11) is 5.83. The fraction of sp³-hybridized carbons (Fsp3) is 0.571. The highest BCUT2D eigenvalue weighted by atomic mass is 35.5. The fourth-order valence-corrected chi connectivity index (χ4v) is 1.79. The van der Waals surface area contributed by atoms with E-state index in [1.807, 2.05) is 18.2 Å². The van der Waals surface area contributed by atoms with Crippen LogP contribution in [0.5, 0.6) is 5.75 Å². The highest BCUT2D eigenvalue weighted by molar-refractivity contribution is 6.31. The number of hydrogen-bond donors (Lipinski definition) is 1. The molecule has 0 radical (unpaired) electrons. The Balaban J connectivity index is 2.64. The van der Waals surface area contributed by atoms with Gasteiger partial charge in [-0.05, 0) is 40.1 Å². The number of hydrogen-bond acceptors (Lipinski definition) is 3. The molecule has 0 fully saturated rings. The zero-order chi connectivity index (χ0) is 13.8. The minimum Gasteiger partial charge on any atom is -0.496 e. The van der Waals surface area contributed by atoms with Gasteiger partial charge in [-0.1, -0.05) is 17.7 Å². The predicted molar refractivity (Wildman–Crippen MR) is 77.5 cm³/mol. The highest BCUT2D eigenvalue weighted by Crippen LogP contribution is 2.26. The van der Waals surface area contributed by atoms with Gasteiger partial charge in [0.25, 0.3) is 0 Å². The molecule has 1 aromatic rings. The van der Waals surface area contributed by atoms with Gasteiger partial charge >= 0.3 is 0 Å². The molecule has 1 rings (SSSR count). The number of halogens is 1. The van der Waals surface area contributed by atoms with Crippen molar-refractivity contribution in [3.63, 3.8) is 0 Å². The molecule has 0 spiro atoms. The minimum absolute atomic E-state index is 0.106. The van der Waals surface area contributed by atoms with Gasteiger partial charge in [-0.15, -0.1) is 0 Å². The van der Waals surface area contributed by atoms with E-state index in [4.69, 9.17) is 16.3 Å². The SMILES string of the molecule is COc1cccc(Cl)c1CNCC(C)(C)N(C)C. The van der Waals surface area contributed by atoms with Crippen molar-refractivity contribution in [2.45, 2.75) is 25.9 Å². The second-order valence-corrected chi connectivity index (χ2v) is 5.64. The largest absolute Gasteiger partial charge is 0.496 e. The second-order valence-electron chi connectivity index (χ2n) is 5.23. The van der Waals surface area contributed by atoms with E-state index in [1.165, 1.54) is 0 Å². The van der Waals surface area contributed by atoms with Crippen LogP contribution in [0.25, 0.3) is 0 Å². The van der Waals surface area contributed by atoms with E-state index in [0.29, 0.717) is 6.54 Å². The number of ether oxygens (including phenoxy) is 1. The number of benzene rings is 1. The van der Waals surface area contributed by atoms with Gasteiger partial charge < -0.3 is 15.0 Å². The number of rotatable bonds is 6. The number of nitrogens with zero attached hydrogens (tertiary/aromatic N) is 1. The molecule has 0 amide bonds. The normalized spacial score (nSPS) is 11.9. The molecule has 0 aliphatic carbocycles. The first-order valence-corrected chi connectivity index (χ1v) is 6.46. The van der Waals surface area contributed by atoms with Crippen LogP contribution < -0.4 is 10.1 Å². The van der Waals surface area contributed by atoms with E-state index < -0.39 is 0 Å². The van der Waals surface area contributed by atoms with Crippen LogP contribution in [0.4, 0.5) is 0 Å². The molecular weight excluding hydrogens is 248 g/mol. The van der Waals surface area contributed by atoms with E-state index >= 15 is 0 Å². The van der Waals surface area contributed by atoms with E-state index in [2.05, 4.69) is 38.2 Å². The first-order valence-electron chi connectivity index (χ1n) is 6.08. The average molecular weight is 271 g/mol. The molecule has 1 N–H and O–H groups in total. The van der Waals surface area contributed by atoms with Crippen LogP contribution in [-0.4, -0.2) is 38.2 Å². The first-order chi connectivity index (χ1) is 8.38. The molecule has 18 heavy (non-hydrogen) atoms. The summed E-state index contributed by atoms with van der Waals surface area (Å²) < 4.78 is 5.32. The van der Waals surface area contributed by atoms with Gasteiger partial charge in [0.05, 0.1) is 7.11 Å². The Morgan fingerprint density at radius 3 is 2.56 bits per heavy atom. The summed E-state index contributed by atoms with van der Waals surface area (Å²) in [6.07, 6.45) is 0. The molecule has 0 heterocycles. The molecule has 0 bridgehead atoms. The van der Waals surface area contributed by atoms with Gasteiger partial charge in [-0.25, -0.2) is 0 Å². The van der Waals surface area contributed by atoms with Crippen molar-refractivity contribution in [3.05, 3.63) is 28.8 Å². The molecular formula is C14H23ClN2O. The van der Waals surface area contributed by atoms with E-state index in [9.17, 15) is 0 Å². The summed E-state index contributed by atoms with van der Waals surface area (Å²) in [6, 6.07) is 5.71. The van der Waals surface area contributed by atoms with Gasteiger partial charge in [0.15, 0.2) is 0 Å². The molecule has 0 aromatic heterocycles. The molecule has 0 unspecified atom stereocenters. The Kier molecular flexibility index (Phi) is 5.45. The maximum atomic E-state index is 6.19. The third-order valence-corrected chi connectivity index (χ3v) is 3.72. The van der Waals surface area contributed by atoms with Crippen molar-refractivity contribution < 1.29 is 4.74 Å². The van der Waals surface area contributed by atoms with Crippen molar-refractivity contribution in [1.82, 2.24) is 10.2 Å². The van der Waals surface area contributed by atoms with Crippen molar-refractivity contribution in [2.24, 2.45) is 0 Å². The molecule has 102 valence electrons. The molecule has 0 aliphatic heterocycles. The van der Waals surface area contributed by atoms with Crippen LogP contribution in [0.2, 0.25) is 5.02 Å². The number of methoxy groups -OCH3 is 1. The van der Waals surface area contributed by atoms with Crippen LogP contribution in [0, 0.1) is 0 Å². The molecule has 0 aliphatic rings. The Labute approximate surface area is 115 Å². The third-order valence-electron chi connectivity index (χ3n) is 3.37. The molecule has 4 heteroatoms. The maximum Gasteiger partial charge on any atom is 0.124 e. The molecule has 1 aromatic carbocycles. The van der Waals surface area contributed by atoms with Crippen molar-refractivity contribution in [1.29, 1.82) is 0 Å². The molecule has 3 nitrogen and oxygen atoms in total. The summed E-state index contributed by atoms with van der Waals surface area (Å²) in [5.41, 5.74) is 1.12. The predicted octanol–water partition coefficient (Wildman–Crippen LogP) is 2.78. The summed E-state index contributed by atoms with van der Waals surface area (Å²) in [5.74, 6) is 0.831. The second kappa shape index (κ2) is 6.41. The summed E-state index contributed by atoms with van der Waals surface area (Å²) in [6.45, 7) is 5.99. The quantitative estimate of drug-likeness (QED) is 0.860. The molecule has 0 saturated heterocycles. The first kappa shape index (κ1) is 15.3. The third kappa shape index (κ3) is 3.87.